The second-order valence-electron chi connectivity index (χ2n) is 5.36. The van der Waals surface area contributed by atoms with Gasteiger partial charge in [-0.1, -0.05) is 0 Å². The van der Waals surface area contributed by atoms with E-state index in [4.69, 9.17) is 4.74 Å². The van der Waals surface area contributed by atoms with E-state index in [0.717, 1.165) is 16.9 Å². The number of hydrogen-bond donors (Lipinski definition) is 1. The number of aromatic nitrogens is 1. The molecule has 1 aliphatic carbocycles. The van der Waals surface area contributed by atoms with Crippen molar-refractivity contribution in [3.8, 4) is 0 Å². The first-order chi connectivity index (χ1) is 8.74. The highest BCUT2D eigenvalue weighted by Crippen LogP contribution is 2.35. The Morgan fingerprint density at radius 1 is 1.39 bits per heavy atom. The molecular formula is C14H19BrN2O. The van der Waals surface area contributed by atoms with Gasteiger partial charge in [0.1, 0.15) is 5.82 Å². The van der Waals surface area contributed by atoms with E-state index >= 15 is 0 Å². The first kappa shape index (κ1) is 12.4. The van der Waals surface area contributed by atoms with Gasteiger partial charge >= 0.3 is 0 Å². The number of nitrogens with one attached hydrogen (secondary N) is 1. The number of halogens is 1. The summed E-state index contributed by atoms with van der Waals surface area (Å²) in [6, 6.07) is 2.64. The van der Waals surface area contributed by atoms with Crippen molar-refractivity contribution in [1.82, 2.24) is 4.98 Å². The minimum atomic E-state index is 0.479. The number of pyridine rings is 1. The van der Waals surface area contributed by atoms with Crippen molar-refractivity contribution in [2.45, 2.75) is 44.8 Å². The summed E-state index contributed by atoms with van der Waals surface area (Å²) in [5.41, 5.74) is 1.22. The molecule has 2 fully saturated rings. The highest BCUT2D eigenvalue weighted by atomic mass is 79.9. The molecule has 98 valence electrons. The lowest BCUT2D eigenvalue weighted by Crippen LogP contribution is -2.38. The van der Waals surface area contributed by atoms with Crippen LogP contribution in [0.3, 0.4) is 0 Å². The normalized spacial score (nSPS) is 31.1. The zero-order chi connectivity index (χ0) is 12.5. The fraction of sp³-hybridized carbons (Fsp3) is 0.643. The fourth-order valence-electron chi connectivity index (χ4n) is 3.16. The van der Waals surface area contributed by atoms with Crippen LogP contribution in [0, 0.1) is 12.8 Å². The largest absolute Gasteiger partial charge is 0.378 e. The molecule has 0 amide bonds. The summed E-state index contributed by atoms with van der Waals surface area (Å²) in [5, 5.41) is 3.61. The molecule has 4 heteroatoms. The molecule has 3 nitrogen and oxygen atoms in total. The lowest BCUT2D eigenvalue weighted by molar-refractivity contribution is 0.0619. The molecule has 1 aromatic heterocycles. The number of anilines is 1. The summed E-state index contributed by atoms with van der Waals surface area (Å²) in [6.07, 6.45) is 7.28. The smallest absolute Gasteiger partial charge is 0.126 e. The highest BCUT2D eigenvalue weighted by molar-refractivity contribution is 9.10. The number of aryl methyl sites for hydroxylation is 1. The molecule has 3 unspecified atom stereocenters. The highest BCUT2D eigenvalue weighted by Gasteiger charge is 2.37. The van der Waals surface area contributed by atoms with Gasteiger partial charge in [0.05, 0.1) is 6.10 Å². The van der Waals surface area contributed by atoms with Crippen LogP contribution in [0.25, 0.3) is 0 Å². The summed E-state index contributed by atoms with van der Waals surface area (Å²) in [6.45, 7) is 3.03. The molecule has 1 aromatic rings. The van der Waals surface area contributed by atoms with Gasteiger partial charge in [-0.15, -0.1) is 0 Å². The molecular weight excluding hydrogens is 292 g/mol. The van der Waals surface area contributed by atoms with Gasteiger partial charge in [0.25, 0.3) is 0 Å². The second kappa shape index (κ2) is 5.17. The van der Waals surface area contributed by atoms with Crippen molar-refractivity contribution < 1.29 is 4.74 Å². The maximum Gasteiger partial charge on any atom is 0.126 e. The molecule has 0 spiro atoms. The Kier molecular flexibility index (Phi) is 3.57. The first-order valence-electron chi connectivity index (χ1n) is 6.74. The summed E-state index contributed by atoms with van der Waals surface area (Å²) in [7, 11) is 0. The van der Waals surface area contributed by atoms with E-state index in [0.29, 0.717) is 18.1 Å². The van der Waals surface area contributed by atoms with Crippen molar-refractivity contribution in [1.29, 1.82) is 0 Å². The van der Waals surface area contributed by atoms with Crippen LogP contribution < -0.4 is 5.32 Å². The van der Waals surface area contributed by atoms with Gasteiger partial charge < -0.3 is 10.1 Å². The van der Waals surface area contributed by atoms with Crippen molar-refractivity contribution in [3.63, 3.8) is 0 Å². The van der Waals surface area contributed by atoms with Crippen LogP contribution in [0.15, 0.2) is 16.7 Å². The van der Waals surface area contributed by atoms with Crippen LogP contribution >= 0.6 is 15.9 Å². The fourth-order valence-corrected chi connectivity index (χ4v) is 3.38. The van der Waals surface area contributed by atoms with Crippen LogP contribution in [-0.4, -0.2) is 23.7 Å². The molecule has 2 heterocycles. The van der Waals surface area contributed by atoms with E-state index < -0.39 is 0 Å². The van der Waals surface area contributed by atoms with Crippen LogP contribution in [0.5, 0.6) is 0 Å². The molecule has 3 atom stereocenters. The number of ether oxygens (including phenoxy) is 1. The van der Waals surface area contributed by atoms with E-state index in [1.807, 2.05) is 6.20 Å². The topological polar surface area (TPSA) is 34.1 Å². The van der Waals surface area contributed by atoms with Crippen LogP contribution in [0.1, 0.15) is 31.2 Å². The zero-order valence-electron chi connectivity index (χ0n) is 10.7. The molecule has 3 rings (SSSR count). The maximum absolute atomic E-state index is 5.80. The van der Waals surface area contributed by atoms with Crippen molar-refractivity contribution >= 4 is 21.7 Å². The van der Waals surface area contributed by atoms with Gasteiger partial charge in [-0.3, -0.25) is 0 Å². The van der Waals surface area contributed by atoms with Gasteiger partial charge in [-0.2, -0.15) is 0 Å². The van der Waals surface area contributed by atoms with Gasteiger partial charge in [-0.05, 0) is 60.2 Å². The third kappa shape index (κ3) is 2.41. The first-order valence-corrected chi connectivity index (χ1v) is 7.53. The second-order valence-corrected chi connectivity index (χ2v) is 6.22. The summed E-state index contributed by atoms with van der Waals surface area (Å²) >= 11 is 3.49. The summed E-state index contributed by atoms with van der Waals surface area (Å²) in [5.74, 6) is 1.66. The molecule has 1 saturated carbocycles. The number of hydrogen-bond acceptors (Lipinski definition) is 3. The monoisotopic (exact) mass is 310 g/mol. The Morgan fingerprint density at radius 2 is 2.28 bits per heavy atom. The summed E-state index contributed by atoms with van der Waals surface area (Å²) in [4.78, 5) is 4.45. The Bertz CT molecular complexity index is 438. The van der Waals surface area contributed by atoms with E-state index in [1.54, 1.807) is 0 Å². The third-order valence-electron chi connectivity index (χ3n) is 4.16. The molecule has 0 bridgehead atoms. The Labute approximate surface area is 116 Å². The maximum atomic E-state index is 5.80. The van der Waals surface area contributed by atoms with Crippen LogP contribution in [0.4, 0.5) is 5.82 Å². The average Bonchev–Trinajstić information content (AvgIpc) is 2.83. The summed E-state index contributed by atoms with van der Waals surface area (Å²) < 4.78 is 6.87. The SMILES string of the molecule is Cc1cc(NC2CCCC3OCCC23)ncc1Br. The number of rotatable bonds is 2. The molecule has 1 saturated heterocycles. The van der Waals surface area contributed by atoms with E-state index in [2.05, 4.69) is 39.2 Å². The Balaban J connectivity index is 1.73. The quantitative estimate of drug-likeness (QED) is 0.907. The van der Waals surface area contributed by atoms with E-state index in [-0.39, 0.29) is 0 Å². The van der Waals surface area contributed by atoms with Crippen molar-refractivity contribution in [3.05, 3.63) is 22.3 Å². The van der Waals surface area contributed by atoms with Gasteiger partial charge in [0.2, 0.25) is 0 Å². The van der Waals surface area contributed by atoms with Gasteiger partial charge in [0.15, 0.2) is 0 Å². The van der Waals surface area contributed by atoms with Crippen LogP contribution in [-0.2, 0) is 4.74 Å². The predicted molar refractivity (Wildman–Crippen MR) is 75.8 cm³/mol. The molecule has 18 heavy (non-hydrogen) atoms. The van der Waals surface area contributed by atoms with E-state index in [1.165, 1.54) is 31.2 Å². The van der Waals surface area contributed by atoms with Crippen molar-refractivity contribution in [2.24, 2.45) is 5.92 Å². The predicted octanol–water partition coefficient (Wildman–Crippen LogP) is 3.52. The molecule has 1 N–H and O–H groups in total. The Hall–Kier alpha value is -0.610. The minimum Gasteiger partial charge on any atom is -0.378 e. The van der Waals surface area contributed by atoms with Gasteiger partial charge in [-0.25, -0.2) is 4.98 Å². The standard InChI is InChI=1S/C14H19BrN2O/c1-9-7-14(16-8-11(9)15)17-12-3-2-4-13-10(12)5-6-18-13/h7-8,10,12-13H,2-6H2,1H3,(H,16,17). The molecule has 1 aliphatic heterocycles. The third-order valence-corrected chi connectivity index (χ3v) is 4.99. The molecule has 0 aromatic carbocycles. The van der Waals surface area contributed by atoms with Gasteiger partial charge in [0, 0.05) is 29.2 Å². The lowest BCUT2D eigenvalue weighted by Gasteiger charge is -2.33. The minimum absolute atomic E-state index is 0.479. The van der Waals surface area contributed by atoms with Crippen LogP contribution in [0.2, 0.25) is 0 Å². The molecule has 2 aliphatic rings. The number of fused-ring (bicyclic) bond motifs is 1. The van der Waals surface area contributed by atoms with E-state index in [9.17, 15) is 0 Å². The number of nitrogens with zero attached hydrogens (tertiary/aromatic N) is 1. The zero-order valence-corrected chi connectivity index (χ0v) is 12.2. The molecule has 0 radical (unpaired) electrons. The van der Waals surface area contributed by atoms with Crippen molar-refractivity contribution in [2.75, 3.05) is 11.9 Å². The Morgan fingerprint density at radius 3 is 3.11 bits per heavy atom. The average molecular weight is 311 g/mol. The lowest BCUT2D eigenvalue weighted by atomic mass is 9.82.